The lowest BCUT2D eigenvalue weighted by molar-refractivity contribution is 0.578. The zero-order valence-corrected chi connectivity index (χ0v) is 10.4. The maximum Gasteiger partial charge on any atom is 0.0898 e. The van der Waals surface area contributed by atoms with Crippen LogP contribution in [0.3, 0.4) is 0 Å². The van der Waals surface area contributed by atoms with Crippen LogP contribution < -0.4 is 5.32 Å². The average molecular weight is 232 g/mol. The number of nitrogens with one attached hydrogen (secondary N) is 1. The Hall–Kier alpha value is -1.19. The summed E-state index contributed by atoms with van der Waals surface area (Å²) >= 11 is 1.71. The Balaban J connectivity index is 2.12. The van der Waals surface area contributed by atoms with Gasteiger partial charge in [0.05, 0.1) is 16.7 Å². The van der Waals surface area contributed by atoms with Crippen molar-refractivity contribution in [1.82, 2.24) is 10.3 Å². The van der Waals surface area contributed by atoms with Crippen LogP contribution in [0.2, 0.25) is 0 Å². The molecule has 0 amide bonds. The minimum absolute atomic E-state index is 0.312. The third-order valence-electron chi connectivity index (χ3n) is 2.62. The van der Waals surface area contributed by atoms with Crippen molar-refractivity contribution in [2.24, 2.45) is 0 Å². The fourth-order valence-corrected chi connectivity index (χ4v) is 2.41. The van der Waals surface area contributed by atoms with E-state index in [-0.39, 0.29) is 0 Å². The normalized spacial score (nSPS) is 12.6. The standard InChI is InChI=1S/C13H16N2S/c1-10-15-13(9-16-10)12(14-2)8-11-6-4-3-5-7-11/h3-7,9,12,14H,8H2,1-2H3. The molecule has 16 heavy (non-hydrogen) atoms. The predicted molar refractivity (Wildman–Crippen MR) is 68.8 cm³/mol. The van der Waals surface area contributed by atoms with Gasteiger partial charge in [0, 0.05) is 5.38 Å². The number of likely N-dealkylation sites (N-methyl/N-ethyl adjacent to an activating group) is 1. The molecule has 0 aliphatic carbocycles. The highest BCUT2D eigenvalue weighted by Crippen LogP contribution is 2.19. The van der Waals surface area contributed by atoms with Gasteiger partial charge in [0.1, 0.15) is 0 Å². The molecule has 3 heteroatoms. The Bertz CT molecular complexity index is 436. The first kappa shape index (κ1) is 11.3. The Morgan fingerprint density at radius 2 is 2.06 bits per heavy atom. The number of nitrogens with zero attached hydrogens (tertiary/aromatic N) is 1. The van der Waals surface area contributed by atoms with Crippen molar-refractivity contribution in [3.05, 3.63) is 52.0 Å². The highest BCUT2D eigenvalue weighted by atomic mass is 32.1. The largest absolute Gasteiger partial charge is 0.311 e. The number of rotatable bonds is 4. The van der Waals surface area contributed by atoms with Crippen molar-refractivity contribution >= 4 is 11.3 Å². The van der Waals surface area contributed by atoms with Crippen molar-refractivity contribution in [1.29, 1.82) is 0 Å². The van der Waals surface area contributed by atoms with Gasteiger partial charge in [0.2, 0.25) is 0 Å². The monoisotopic (exact) mass is 232 g/mol. The maximum atomic E-state index is 4.53. The maximum absolute atomic E-state index is 4.53. The van der Waals surface area contributed by atoms with Gasteiger partial charge in [-0.15, -0.1) is 11.3 Å². The van der Waals surface area contributed by atoms with Crippen molar-refractivity contribution in [3.63, 3.8) is 0 Å². The van der Waals surface area contributed by atoms with Crippen LogP contribution >= 0.6 is 11.3 Å². The summed E-state index contributed by atoms with van der Waals surface area (Å²) in [6.07, 6.45) is 0.987. The van der Waals surface area contributed by atoms with Crippen LogP contribution in [0.4, 0.5) is 0 Å². The van der Waals surface area contributed by atoms with E-state index in [0.717, 1.165) is 17.1 Å². The fourth-order valence-electron chi connectivity index (χ4n) is 1.74. The molecule has 1 unspecified atom stereocenters. The summed E-state index contributed by atoms with van der Waals surface area (Å²) in [5.74, 6) is 0. The minimum Gasteiger partial charge on any atom is -0.311 e. The van der Waals surface area contributed by atoms with Gasteiger partial charge >= 0.3 is 0 Å². The Kier molecular flexibility index (Phi) is 3.70. The van der Waals surface area contributed by atoms with Crippen molar-refractivity contribution in [2.45, 2.75) is 19.4 Å². The number of thiazole rings is 1. The van der Waals surface area contributed by atoms with Crippen molar-refractivity contribution in [2.75, 3.05) is 7.05 Å². The molecule has 0 saturated carbocycles. The molecule has 2 aromatic rings. The molecule has 1 heterocycles. The van der Waals surface area contributed by atoms with Crippen molar-refractivity contribution < 1.29 is 0 Å². The summed E-state index contributed by atoms with van der Waals surface area (Å²) in [6.45, 7) is 2.05. The second-order valence-corrected chi connectivity index (χ2v) is 4.88. The number of aryl methyl sites for hydroxylation is 1. The van der Waals surface area contributed by atoms with E-state index in [1.807, 2.05) is 20.0 Å². The van der Waals surface area contributed by atoms with E-state index < -0.39 is 0 Å². The van der Waals surface area contributed by atoms with Gasteiger partial charge in [-0.05, 0) is 26.0 Å². The van der Waals surface area contributed by atoms with Gasteiger partial charge in [-0.25, -0.2) is 4.98 Å². The Morgan fingerprint density at radius 3 is 2.62 bits per heavy atom. The van der Waals surface area contributed by atoms with Gasteiger partial charge in [-0.3, -0.25) is 0 Å². The fraction of sp³-hybridized carbons (Fsp3) is 0.308. The summed E-state index contributed by atoms with van der Waals surface area (Å²) in [6, 6.07) is 10.8. The second kappa shape index (κ2) is 5.23. The molecule has 0 bridgehead atoms. The molecule has 0 fully saturated rings. The topological polar surface area (TPSA) is 24.9 Å². The van der Waals surface area contributed by atoms with Gasteiger partial charge < -0.3 is 5.32 Å². The van der Waals surface area contributed by atoms with Crippen LogP contribution in [0, 0.1) is 6.92 Å². The van der Waals surface area contributed by atoms with Crippen LogP contribution in [-0.4, -0.2) is 12.0 Å². The van der Waals surface area contributed by atoms with Crippen LogP contribution in [-0.2, 0) is 6.42 Å². The van der Waals surface area contributed by atoms with Crippen LogP contribution in [0.25, 0.3) is 0 Å². The third kappa shape index (κ3) is 2.68. The van der Waals surface area contributed by atoms with Gasteiger partial charge in [-0.1, -0.05) is 30.3 Å². The predicted octanol–water partition coefficient (Wildman–Crippen LogP) is 2.95. The first-order chi connectivity index (χ1) is 7.79. The molecular formula is C13H16N2S. The van der Waals surface area contributed by atoms with E-state index in [9.17, 15) is 0 Å². The number of hydrogen-bond donors (Lipinski definition) is 1. The van der Waals surface area contributed by atoms with Crippen LogP contribution in [0.1, 0.15) is 22.3 Å². The average Bonchev–Trinajstić information content (AvgIpc) is 2.74. The van der Waals surface area contributed by atoms with Crippen molar-refractivity contribution in [3.8, 4) is 0 Å². The molecule has 1 aromatic carbocycles. The zero-order chi connectivity index (χ0) is 11.4. The highest BCUT2D eigenvalue weighted by molar-refractivity contribution is 7.09. The molecule has 0 saturated heterocycles. The molecule has 0 aliphatic rings. The SMILES string of the molecule is CNC(Cc1ccccc1)c1csc(C)n1. The third-order valence-corrected chi connectivity index (χ3v) is 3.42. The summed E-state index contributed by atoms with van der Waals surface area (Å²) in [5.41, 5.74) is 2.49. The molecule has 0 radical (unpaired) electrons. The van der Waals surface area contributed by atoms with Gasteiger partial charge in [-0.2, -0.15) is 0 Å². The lowest BCUT2D eigenvalue weighted by Crippen LogP contribution is -2.19. The molecular weight excluding hydrogens is 216 g/mol. The Morgan fingerprint density at radius 1 is 1.31 bits per heavy atom. The first-order valence-corrected chi connectivity index (χ1v) is 6.31. The zero-order valence-electron chi connectivity index (χ0n) is 9.60. The van der Waals surface area contributed by atoms with E-state index in [2.05, 4.69) is 39.9 Å². The number of benzene rings is 1. The highest BCUT2D eigenvalue weighted by Gasteiger charge is 2.12. The number of aromatic nitrogens is 1. The number of hydrogen-bond acceptors (Lipinski definition) is 3. The Labute approximate surface area is 100 Å². The van der Waals surface area contributed by atoms with E-state index in [4.69, 9.17) is 0 Å². The summed E-state index contributed by atoms with van der Waals surface area (Å²) in [7, 11) is 1.99. The van der Waals surface area contributed by atoms with Gasteiger partial charge in [0.25, 0.3) is 0 Å². The molecule has 0 spiro atoms. The molecule has 2 rings (SSSR count). The summed E-state index contributed by atoms with van der Waals surface area (Å²) in [4.78, 5) is 4.53. The lowest BCUT2D eigenvalue weighted by Gasteiger charge is -2.13. The summed E-state index contributed by atoms with van der Waals surface area (Å²) in [5, 5.41) is 6.59. The van der Waals surface area contributed by atoms with Gasteiger partial charge in [0.15, 0.2) is 0 Å². The minimum atomic E-state index is 0.312. The molecule has 0 aliphatic heterocycles. The quantitative estimate of drug-likeness (QED) is 0.876. The molecule has 84 valence electrons. The summed E-state index contributed by atoms with van der Waals surface area (Å²) < 4.78 is 0. The van der Waals surface area contributed by atoms with E-state index >= 15 is 0 Å². The second-order valence-electron chi connectivity index (χ2n) is 3.82. The van der Waals surface area contributed by atoms with E-state index in [1.54, 1.807) is 11.3 Å². The van der Waals surface area contributed by atoms with E-state index in [1.165, 1.54) is 5.56 Å². The van der Waals surface area contributed by atoms with Crippen LogP contribution in [0.15, 0.2) is 35.7 Å². The molecule has 1 N–H and O–H groups in total. The lowest BCUT2D eigenvalue weighted by atomic mass is 10.0. The molecule has 2 nitrogen and oxygen atoms in total. The van der Waals surface area contributed by atoms with Crippen LogP contribution in [0.5, 0.6) is 0 Å². The smallest absolute Gasteiger partial charge is 0.0898 e. The molecule has 1 aromatic heterocycles. The van der Waals surface area contributed by atoms with E-state index in [0.29, 0.717) is 6.04 Å². The molecule has 1 atom stereocenters. The first-order valence-electron chi connectivity index (χ1n) is 5.43.